The molecule has 2 atom stereocenters. The fourth-order valence-corrected chi connectivity index (χ4v) is 5.40. The summed E-state index contributed by atoms with van der Waals surface area (Å²) in [5.41, 5.74) is 3.48. The summed E-state index contributed by atoms with van der Waals surface area (Å²) in [6.45, 7) is 6.15. The van der Waals surface area contributed by atoms with E-state index in [9.17, 15) is 14.7 Å². The minimum Gasteiger partial charge on any atom is -0.489 e. The Morgan fingerprint density at radius 2 is 1.97 bits per heavy atom. The highest BCUT2D eigenvalue weighted by molar-refractivity contribution is 8.26. The fourth-order valence-electron chi connectivity index (χ4n) is 3.88. The molecule has 1 aliphatic rings. The lowest BCUT2D eigenvalue weighted by Crippen LogP contribution is -2.47. The number of pyridine rings is 1. The Labute approximate surface area is 224 Å². The monoisotopic (exact) mass is 540 g/mol. The highest BCUT2D eigenvalue weighted by Crippen LogP contribution is 2.37. The molecule has 2 heterocycles. The molecular weight excluding hydrogens is 516 g/mol. The molecule has 9 heteroatoms. The van der Waals surface area contributed by atoms with Crippen LogP contribution in [-0.2, 0) is 16.2 Å². The number of ether oxygens (including phenoxy) is 1. The Morgan fingerprint density at radius 3 is 2.64 bits per heavy atom. The normalized spacial score (nSPS) is 16.6. The molecule has 1 unspecified atom stereocenters. The van der Waals surface area contributed by atoms with Crippen LogP contribution >= 0.6 is 35.6 Å². The van der Waals surface area contributed by atoms with Gasteiger partial charge >= 0.3 is 5.97 Å². The van der Waals surface area contributed by atoms with Crippen molar-refractivity contribution >= 4 is 68.8 Å². The Hall–Kier alpha value is -2.94. The number of thioether (sulfide) groups is 1. The number of aromatic nitrogens is 1. The number of aryl methyl sites for hydroxylation is 1. The summed E-state index contributed by atoms with van der Waals surface area (Å²) < 4.78 is 6.17. The van der Waals surface area contributed by atoms with Gasteiger partial charge in [0.1, 0.15) is 27.9 Å². The van der Waals surface area contributed by atoms with Gasteiger partial charge in [-0.05, 0) is 48.7 Å². The maximum absolute atomic E-state index is 13.2. The van der Waals surface area contributed by atoms with Gasteiger partial charge in [-0.2, -0.15) is 0 Å². The number of halogens is 1. The summed E-state index contributed by atoms with van der Waals surface area (Å²) in [7, 11) is 0. The van der Waals surface area contributed by atoms with Crippen LogP contribution in [0.2, 0.25) is 5.15 Å². The summed E-state index contributed by atoms with van der Waals surface area (Å²) >= 11 is 12.9. The van der Waals surface area contributed by atoms with Gasteiger partial charge in [-0.25, -0.2) is 9.78 Å². The summed E-state index contributed by atoms with van der Waals surface area (Å²) in [6, 6.07) is 14.5. The maximum Gasteiger partial charge on any atom is 0.327 e. The molecule has 1 amide bonds. The SMILES string of the molecule is CCC(C)[C@@H](C(=O)O)N1C(=O)/C(=C/c2cc3cc(OCc4ccc(C)cc4)ccc3nc2Cl)SC1=S. The number of fused-ring (bicyclic) bond motifs is 1. The van der Waals surface area contributed by atoms with Crippen molar-refractivity contribution in [1.29, 1.82) is 0 Å². The van der Waals surface area contributed by atoms with Crippen LogP contribution in [0, 0.1) is 12.8 Å². The Kier molecular flexibility index (Phi) is 7.97. The molecule has 3 aromatic rings. The third-order valence-electron chi connectivity index (χ3n) is 6.12. The highest BCUT2D eigenvalue weighted by Gasteiger charge is 2.42. The average molecular weight is 541 g/mol. The molecule has 0 radical (unpaired) electrons. The van der Waals surface area contributed by atoms with Crippen LogP contribution in [0.15, 0.2) is 53.4 Å². The average Bonchev–Trinajstić information content (AvgIpc) is 3.11. The van der Waals surface area contributed by atoms with Crippen LogP contribution in [0.3, 0.4) is 0 Å². The molecule has 1 saturated heterocycles. The largest absolute Gasteiger partial charge is 0.489 e. The predicted octanol–water partition coefficient (Wildman–Crippen LogP) is 6.48. The number of thiocarbonyl (C=S) groups is 1. The van der Waals surface area contributed by atoms with Crippen molar-refractivity contribution in [2.45, 2.75) is 39.8 Å². The van der Waals surface area contributed by atoms with E-state index in [1.54, 1.807) is 13.0 Å². The van der Waals surface area contributed by atoms with Crippen molar-refractivity contribution < 1.29 is 19.4 Å². The van der Waals surface area contributed by atoms with Crippen LogP contribution in [0.5, 0.6) is 5.75 Å². The van der Waals surface area contributed by atoms with E-state index in [1.807, 2.05) is 62.4 Å². The van der Waals surface area contributed by atoms with Crippen LogP contribution < -0.4 is 4.74 Å². The molecule has 6 nitrogen and oxygen atoms in total. The Morgan fingerprint density at radius 1 is 1.25 bits per heavy atom. The molecule has 1 fully saturated rings. The van der Waals surface area contributed by atoms with Gasteiger partial charge in [-0.1, -0.05) is 85.7 Å². The standard InChI is InChI=1S/C27H25ClN2O4S2/c1-4-16(3)23(26(32)33)30-25(31)22(36-27(30)35)13-19-11-18-12-20(9-10-21(18)29-24(19)28)34-14-17-7-5-15(2)6-8-17/h5-13,16,23H,4,14H2,1-3H3,(H,32,33)/b22-13-/t16?,23-/m0/s1. The first-order chi connectivity index (χ1) is 17.2. The van der Waals surface area contributed by atoms with Gasteiger partial charge in [0, 0.05) is 10.9 Å². The van der Waals surface area contributed by atoms with Crippen LogP contribution in [-0.4, -0.2) is 37.2 Å². The van der Waals surface area contributed by atoms with Crippen LogP contribution in [0.1, 0.15) is 37.0 Å². The number of nitrogens with zero attached hydrogens (tertiary/aromatic N) is 2. The van der Waals surface area contributed by atoms with Gasteiger partial charge in [0.25, 0.3) is 5.91 Å². The van der Waals surface area contributed by atoms with Gasteiger partial charge in [0.2, 0.25) is 0 Å². The Balaban J connectivity index is 1.60. The van der Waals surface area contributed by atoms with Gasteiger partial charge < -0.3 is 9.84 Å². The van der Waals surface area contributed by atoms with Crippen molar-refractivity contribution in [1.82, 2.24) is 9.88 Å². The zero-order valence-corrected chi connectivity index (χ0v) is 22.4. The number of carboxylic acids is 1. The predicted molar refractivity (Wildman–Crippen MR) is 148 cm³/mol. The second kappa shape index (κ2) is 11.0. The van der Waals surface area contributed by atoms with E-state index in [1.165, 1.54) is 10.5 Å². The summed E-state index contributed by atoms with van der Waals surface area (Å²) in [5.74, 6) is -1.09. The quantitative estimate of drug-likeness (QED) is 0.199. The molecule has 1 aliphatic heterocycles. The third kappa shape index (κ3) is 5.56. The van der Waals surface area contributed by atoms with Crippen LogP contribution in [0.4, 0.5) is 0 Å². The van der Waals surface area contributed by atoms with E-state index in [0.29, 0.717) is 34.8 Å². The molecule has 4 rings (SSSR count). The van der Waals surface area contributed by atoms with Crippen molar-refractivity contribution in [3.05, 3.63) is 75.3 Å². The van der Waals surface area contributed by atoms with Crippen molar-refractivity contribution in [3.8, 4) is 5.75 Å². The van der Waals surface area contributed by atoms with Gasteiger partial charge in [0.05, 0.1) is 10.4 Å². The minimum atomic E-state index is -1.08. The number of rotatable bonds is 8. The topological polar surface area (TPSA) is 79.7 Å². The molecule has 0 aliphatic carbocycles. The van der Waals surface area contributed by atoms with Crippen LogP contribution in [0.25, 0.3) is 17.0 Å². The number of amides is 1. The van der Waals surface area contributed by atoms with Gasteiger partial charge in [-0.3, -0.25) is 9.69 Å². The molecule has 186 valence electrons. The number of carbonyl (C=O) groups is 2. The minimum absolute atomic E-state index is 0.218. The third-order valence-corrected chi connectivity index (χ3v) is 7.75. The lowest BCUT2D eigenvalue weighted by molar-refractivity contribution is -0.147. The Bertz CT molecular complexity index is 1370. The summed E-state index contributed by atoms with van der Waals surface area (Å²) in [6.07, 6.45) is 2.21. The smallest absolute Gasteiger partial charge is 0.327 e. The van der Waals surface area contributed by atoms with E-state index in [0.717, 1.165) is 22.7 Å². The molecule has 0 bridgehead atoms. The van der Waals surface area contributed by atoms with Crippen molar-refractivity contribution in [2.75, 3.05) is 0 Å². The summed E-state index contributed by atoms with van der Waals surface area (Å²) in [5, 5.41) is 10.8. The number of carbonyl (C=O) groups excluding carboxylic acids is 1. The molecule has 1 N–H and O–H groups in total. The molecule has 0 saturated carbocycles. The molecule has 1 aromatic heterocycles. The van der Waals surface area contributed by atoms with E-state index in [-0.39, 0.29) is 15.4 Å². The van der Waals surface area contributed by atoms with Gasteiger partial charge in [-0.15, -0.1) is 0 Å². The first-order valence-corrected chi connectivity index (χ1v) is 13.1. The molecule has 36 heavy (non-hydrogen) atoms. The number of hydrogen-bond donors (Lipinski definition) is 1. The second-order valence-electron chi connectivity index (χ2n) is 8.72. The zero-order valence-electron chi connectivity index (χ0n) is 20.0. The lowest BCUT2D eigenvalue weighted by atomic mass is 9.98. The highest BCUT2D eigenvalue weighted by atomic mass is 35.5. The summed E-state index contributed by atoms with van der Waals surface area (Å²) in [4.78, 5) is 31.0. The second-order valence-corrected chi connectivity index (χ2v) is 10.8. The van der Waals surface area contributed by atoms with E-state index in [2.05, 4.69) is 4.98 Å². The maximum atomic E-state index is 13.2. The van der Waals surface area contributed by atoms with Crippen molar-refractivity contribution in [3.63, 3.8) is 0 Å². The van der Waals surface area contributed by atoms with E-state index >= 15 is 0 Å². The van der Waals surface area contributed by atoms with Crippen molar-refractivity contribution in [2.24, 2.45) is 5.92 Å². The molecular formula is C27H25ClN2O4S2. The first kappa shape index (κ1) is 26.1. The number of aliphatic carboxylic acids is 1. The van der Waals surface area contributed by atoms with E-state index in [4.69, 9.17) is 28.6 Å². The molecule has 2 aromatic carbocycles. The first-order valence-electron chi connectivity index (χ1n) is 11.5. The molecule has 0 spiro atoms. The number of carboxylic acid groups (broad SMARTS) is 1. The number of hydrogen-bond acceptors (Lipinski definition) is 6. The zero-order chi connectivity index (χ0) is 26.0. The lowest BCUT2D eigenvalue weighted by Gasteiger charge is -2.27. The van der Waals surface area contributed by atoms with Gasteiger partial charge in [0.15, 0.2) is 0 Å². The number of benzene rings is 2. The van der Waals surface area contributed by atoms with E-state index < -0.39 is 17.9 Å². The fraction of sp³-hybridized carbons (Fsp3) is 0.259.